The summed E-state index contributed by atoms with van der Waals surface area (Å²) in [5.41, 5.74) is 0. The van der Waals surface area contributed by atoms with Crippen LogP contribution in [0.3, 0.4) is 0 Å². The van der Waals surface area contributed by atoms with Crippen molar-refractivity contribution in [2.45, 2.75) is 130 Å². The van der Waals surface area contributed by atoms with E-state index in [0.29, 0.717) is 12.8 Å². The largest absolute Gasteiger partial charge is 0.392 e. The van der Waals surface area contributed by atoms with Gasteiger partial charge in [-0.05, 0) is 19.3 Å². The molecule has 0 saturated heterocycles. The molecule has 0 saturated carbocycles. The van der Waals surface area contributed by atoms with Crippen LogP contribution < -0.4 is 0 Å². The first-order valence-electron chi connectivity index (χ1n) is 11.7. The van der Waals surface area contributed by atoms with Crippen molar-refractivity contribution in [3.8, 4) is 0 Å². The molecular weight excluding hydrogens is 356 g/mol. The summed E-state index contributed by atoms with van der Waals surface area (Å²) in [6.45, 7) is 6.36. The van der Waals surface area contributed by atoms with E-state index in [2.05, 4.69) is 25.7 Å². The highest BCUT2D eigenvalue weighted by Crippen LogP contribution is 2.21. The van der Waals surface area contributed by atoms with Crippen LogP contribution in [0.2, 0.25) is 0 Å². The van der Waals surface area contributed by atoms with Gasteiger partial charge in [0.05, 0.1) is 18.4 Å². The maximum atomic E-state index is 12.4. The van der Waals surface area contributed by atoms with Gasteiger partial charge in [0.15, 0.2) is 0 Å². The predicted molar refractivity (Wildman–Crippen MR) is 113 cm³/mol. The zero-order chi connectivity index (χ0) is 21.0. The van der Waals surface area contributed by atoms with Crippen LogP contribution in [0, 0.1) is 5.92 Å². The van der Waals surface area contributed by atoms with Crippen LogP contribution in [-0.2, 0) is 19.4 Å². The topological polar surface area (TPSA) is 72.8 Å². The smallest absolute Gasteiger partial charge is 0.361 e. The molecule has 1 N–H and O–H groups in total. The molecule has 5 nitrogen and oxygen atoms in total. The molecule has 0 rings (SSSR count). The number of unbranched alkanes of at least 4 members (excludes halogenated alkanes) is 10. The molecule has 0 spiro atoms. The molecule has 0 heterocycles. The van der Waals surface area contributed by atoms with Crippen LogP contribution in [0.25, 0.3) is 0 Å². The molecule has 0 fully saturated rings. The van der Waals surface area contributed by atoms with Crippen molar-refractivity contribution in [1.29, 1.82) is 0 Å². The van der Waals surface area contributed by atoms with Gasteiger partial charge in [-0.25, -0.2) is 19.4 Å². The van der Waals surface area contributed by atoms with Crippen molar-refractivity contribution in [2.24, 2.45) is 5.92 Å². The normalized spacial score (nSPS) is 13.1. The van der Waals surface area contributed by atoms with Gasteiger partial charge in [0, 0.05) is 0 Å². The second kappa shape index (κ2) is 19.2. The van der Waals surface area contributed by atoms with E-state index in [9.17, 15) is 14.7 Å². The Morgan fingerprint density at radius 2 is 1.18 bits per heavy atom. The van der Waals surface area contributed by atoms with E-state index in [0.717, 1.165) is 51.4 Å². The number of aliphatic hydroxyl groups is 1. The average Bonchev–Trinajstić information content (AvgIpc) is 2.69. The molecule has 2 unspecified atom stereocenters. The summed E-state index contributed by atoms with van der Waals surface area (Å²) in [5, 5.41) is 10.5. The predicted octanol–water partition coefficient (Wildman–Crippen LogP) is 6.27. The van der Waals surface area contributed by atoms with E-state index in [1.165, 1.54) is 32.1 Å². The Bertz CT molecular complexity index is 383. The fourth-order valence-electron chi connectivity index (χ4n) is 3.30. The number of hydrogen-bond donors (Lipinski definition) is 1. The van der Waals surface area contributed by atoms with Crippen molar-refractivity contribution in [3.63, 3.8) is 0 Å². The quantitative estimate of drug-likeness (QED) is 0.167. The van der Waals surface area contributed by atoms with Gasteiger partial charge in [0.2, 0.25) is 0 Å². The highest BCUT2D eigenvalue weighted by atomic mass is 17.2. The lowest BCUT2D eigenvalue weighted by atomic mass is 9.92. The van der Waals surface area contributed by atoms with Gasteiger partial charge < -0.3 is 5.11 Å². The Morgan fingerprint density at radius 3 is 1.82 bits per heavy atom. The minimum Gasteiger partial charge on any atom is -0.392 e. The number of carbonyl (C=O) groups is 2. The van der Waals surface area contributed by atoms with Crippen molar-refractivity contribution in [3.05, 3.63) is 0 Å². The van der Waals surface area contributed by atoms with Crippen molar-refractivity contribution < 1.29 is 24.5 Å². The van der Waals surface area contributed by atoms with Crippen molar-refractivity contribution in [2.75, 3.05) is 0 Å². The molecule has 0 aromatic heterocycles. The molecule has 28 heavy (non-hydrogen) atoms. The average molecular weight is 401 g/mol. The molecule has 0 aliphatic carbocycles. The number of carbonyl (C=O) groups excluding carboxylic acids is 2. The first-order chi connectivity index (χ1) is 13.6. The van der Waals surface area contributed by atoms with Crippen LogP contribution in [0.5, 0.6) is 0 Å². The third-order valence-corrected chi connectivity index (χ3v) is 5.19. The third kappa shape index (κ3) is 14.9. The van der Waals surface area contributed by atoms with Gasteiger partial charge in [-0.3, -0.25) is 0 Å². The highest BCUT2D eigenvalue weighted by molar-refractivity contribution is 5.75. The van der Waals surface area contributed by atoms with Gasteiger partial charge in [-0.1, -0.05) is 97.8 Å². The van der Waals surface area contributed by atoms with Gasteiger partial charge in [0.1, 0.15) is 0 Å². The first kappa shape index (κ1) is 26.9. The van der Waals surface area contributed by atoms with Crippen LogP contribution in [0.1, 0.15) is 124 Å². The highest BCUT2D eigenvalue weighted by Gasteiger charge is 2.29. The maximum absolute atomic E-state index is 12.4. The van der Waals surface area contributed by atoms with Crippen LogP contribution in [0.4, 0.5) is 0 Å². The summed E-state index contributed by atoms with van der Waals surface area (Å²) in [7, 11) is 0. The lowest BCUT2D eigenvalue weighted by molar-refractivity contribution is -0.264. The van der Waals surface area contributed by atoms with E-state index in [1.807, 2.05) is 0 Å². The number of rotatable bonds is 18. The van der Waals surface area contributed by atoms with E-state index in [-0.39, 0.29) is 6.42 Å². The van der Waals surface area contributed by atoms with Crippen LogP contribution in [0.15, 0.2) is 0 Å². The van der Waals surface area contributed by atoms with Crippen molar-refractivity contribution >= 4 is 11.9 Å². The molecule has 0 aromatic carbocycles. The van der Waals surface area contributed by atoms with E-state index >= 15 is 0 Å². The second-order valence-electron chi connectivity index (χ2n) is 7.89. The molecule has 0 aromatic rings. The molecule has 0 amide bonds. The Kier molecular flexibility index (Phi) is 18.5. The Hall–Kier alpha value is -1.10. The number of aliphatic hydroxyl groups excluding tert-OH is 1. The first-order valence-corrected chi connectivity index (χ1v) is 11.7. The Morgan fingerprint density at radius 1 is 0.679 bits per heavy atom. The Balaban J connectivity index is 4.29. The second-order valence-corrected chi connectivity index (χ2v) is 7.89. The number of hydrogen-bond acceptors (Lipinski definition) is 5. The molecule has 0 radical (unpaired) electrons. The molecule has 0 aliphatic rings. The summed E-state index contributed by atoms with van der Waals surface area (Å²) in [6, 6.07) is 0. The van der Waals surface area contributed by atoms with Crippen LogP contribution >= 0.6 is 0 Å². The van der Waals surface area contributed by atoms with E-state index in [1.54, 1.807) is 0 Å². The summed E-state index contributed by atoms with van der Waals surface area (Å²) in [6.07, 6.45) is 14.4. The van der Waals surface area contributed by atoms with E-state index in [4.69, 9.17) is 4.89 Å². The van der Waals surface area contributed by atoms with E-state index < -0.39 is 24.0 Å². The summed E-state index contributed by atoms with van der Waals surface area (Å²) >= 11 is 0. The maximum Gasteiger partial charge on any atom is 0.361 e. The fraction of sp³-hybridized carbons (Fsp3) is 0.913. The minimum atomic E-state index is -0.737. The zero-order valence-electron chi connectivity index (χ0n) is 18.5. The summed E-state index contributed by atoms with van der Waals surface area (Å²) < 4.78 is 0. The monoisotopic (exact) mass is 400 g/mol. The molecular formula is C23H44O5. The summed E-state index contributed by atoms with van der Waals surface area (Å²) in [5.74, 6) is -1.75. The molecule has 5 heteroatoms. The standard InChI is InChI=1S/C23H44O5/c1-4-7-10-11-12-13-16-18-21(24)20(17-14-8-5-2)23(26)28-27-22(25)19-15-9-6-3/h20-21,24H,4-19H2,1-3H3. The van der Waals surface area contributed by atoms with Gasteiger partial charge in [-0.2, -0.15) is 0 Å². The van der Waals surface area contributed by atoms with Gasteiger partial charge in [-0.15, -0.1) is 0 Å². The lowest BCUT2D eigenvalue weighted by Crippen LogP contribution is -2.30. The van der Waals surface area contributed by atoms with Gasteiger partial charge in [0.25, 0.3) is 0 Å². The van der Waals surface area contributed by atoms with Crippen LogP contribution in [-0.4, -0.2) is 23.1 Å². The molecule has 0 bridgehead atoms. The summed E-state index contributed by atoms with van der Waals surface area (Å²) in [4.78, 5) is 33.4. The zero-order valence-corrected chi connectivity index (χ0v) is 18.5. The molecule has 0 aliphatic heterocycles. The molecule has 2 atom stereocenters. The van der Waals surface area contributed by atoms with Crippen molar-refractivity contribution in [1.82, 2.24) is 0 Å². The minimum absolute atomic E-state index is 0.252. The SMILES string of the molecule is CCCCCCCCCC(O)C(CCCCC)C(=O)OOC(=O)CCCCC. The fourth-order valence-corrected chi connectivity index (χ4v) is 3.30. The Labute approximate surface area is 172 Å². The lowest BCUT2D eigenvalue weighted by Gasteiger charge is -2.20. The van der Waals surface area contributed by atoms with Gasteiger partial charge >= 0.3 is 11.9 Å². The molecule has 166 valence electrons. The third-order valence-electron chi connectivity index (χ3n) is 5.19.